The minimum atomic E-state index is -0.162. The van der Waals surface area contributed by atoms with E-state index in [1.54, 1.807) is 48.4 Å². The third-order valence-electron chi connectivity index (χ3n) is 4.16. The lowest BCUT2D eigenvalue weighted by atomic mass is 10.2. The van der Waals surface area contributed by atoms with Crippen molar-refractivity contribution >= 4 is 32.6 Å². The second-order valence-electron chi connectivity index (χ2n) is 5.92. The van der Waals surface area contributed by atoms with E-state index >= 15 is 0 Å². The smallest absolute Gasteiger partial charge is 0.278 e. The van der Waals surface area contributed by atoms with Crippen LogP contribution in [0.2, 0.25) is 0 Å². The van der Waals surface area contributed by atoms with Crippen LogP contribution in [0.5, 0.6) is 5.75 Å². The first-order valence-corrected chi connectivity index (χ1v) is 9.10. The van der Waals surface area contributed by atoms with Crippen molar-refractivity contribution in [2.24, 2.45) is 7.05 Å². The molecule has 0 radical (unpaired) electrons. The lowest BCUT2D eigenvalue weighted by Crippen LogP contribution is -2.31. The minimum absolute atomic E-state index is 0.162. The SMILES string of the molecule is COc1ccc2nc(N(Cc3cccnc3)C(=O)c3ccnn3C)sc2c1. The molecular weight excluding hydrogens is 362 g/mol. The Morgan fingerprint density at radius 1 is 1.26 bits per heavy atom. The number of amides is 1. The van der Waals surface area contributed by atoms with Crippen LogP contribution in [0.15, 0.2) is 55.0 Å². The third kappa shape index (κ3) is 3.39. The van der Waals surface area contributed by atoms with Gasteiger partial charge in [0.05, 0.1) is 23.9 Å². The molecule has 3 aromatic heterocycles. The van der Waals surface area contributed by atoms with Crippen LogP contribution in [-0.2, 0) is 13.6 Å². The standard InChI is InChI=1S/C19H17N5O2S/c1-23-16(7-9-21-23)18(25)24(12-13-4-3-8-20-11-13)19-22-15-6-5-14(26-2)10-17(15)27-19/h3-11H,12H2,1-2H3. The summed E-state index contributed by atoms with van der Waals surface area (Å²) in [7, 11) is 3.38. The van der Waals surface area contributed by atoms with E-state index in [0.717, 1.165) is 21.5 Å². The number of fused-ring (bicyclic) bond motifs is 1. The van der Waals surface area contributed by atoms with E-state index in [4.69, 9.17) is 4.74 Å². The topological polar surface area (TPSA) is 73.1 Å². The maximum Gasteiger partial charge on any atom is 0.278 e. The maximum atomic E-state index is 13.2. The molecule has 0 spiro atoms. The summed E-state index contributed by atoms with van der Waals surface area (Å²) < 4.78 is 7.81. The Kier molecular flexibility index (Phi) is 4.55. The van der Waals surface area contributed by atoms with Gasteiger partial charge in [0.2, 0.25) is 0 Å². The van der Waals surface area contributed by atoms with Gasteiger partial charge in [-0.25, -0.2) is 4.98 Å². The molecule has 0 unspecified atom stereocenters. The predicted molar refractivity (Wildman–Crippen MR) is 104 cm³/mol. The van der Waals surface area contributed by atoms with Crippen molar-refractivity contribution in [3.8, 4) is 5.75 Å². The van der Waals surface area contributed by atoms with Gasteiger partial charge >= 0.3 is 0 Å². The summed E-state index contributed by atoms with van der Waals surface area (Å²) in [5, 5.41) is 4.73. The second kappa shape index (κ2) is 7.16. The number of ether oxygens (including phenoxy) is 1. The molecule has 1 amide bonds. The van der Waals surface area contributed by atoms with E-state index in [9.17, 15) is 4.79 Å². The van der Waals surface area contributed by atoms with Gasteiger partial charge in [-0.1, -0.05) is 17.4 Å². The summed E-state index contributed by atoms with van der Waals surface area (Å²) in [5.74, 6) is 0.597. The summed E-state index contributed by atoms with van der Waals surface area (Å²) >= 11 is 1.45. The lowest BCUT2D eigenvalue weighted by molar-refractivity contribution is 0.0976. The van der Waals surface area contributed by atoms with Gasteiger partial charge in [-0.15, -0.1) is 0 Å². The van der Waals surface area contributed by atoms with E-state index in [-0.39, 0.29) is 5.91 Å². The highest BCUT2D eigenvalue weighted by molar-refractivity contribution is 7.22. The molecule has 8 heteroatoms. The predicted octanol–water partition coefficient (Wildman–Crippen LogP) is 3.28. The fourth-order valence-electron chi connectivity index (χ4n) is 2.76. The van der Waals surface area contributed by atoms with Crippen molar-refractivity contribution in [2.75, 3.05) is 12.0 Å². The Labute approximate surface area is 159 Å². The minimum Gasteiger partial charge on any atom is -0.497 e. The number of thiazole rings is 1. The Morgan fingerprint density at radius 2 is 2.15 bits per heavy atom. The molecule has 4 rings (SSSR count). The normalized spacial score (nSPS) is 10.9. The molecule has 4 aromatic rings. The zero-order valence-corrected chi connectivity index (χ0v) is 15.7. The third-order valence-corrected chi connectivity index (χ3v) is 5.21. The number of hydrogen-bond donors (Lipinski definition) is 0. The number of carbonyl (C=O) groups excluding carboxylic acids is 1. The quantitative estimate of drug-likeness (QED) is 0.532. The summed E-state index contributed by atoms with van der Waals surface area (Å²) in [5.41, 5.74) is 2.24. The molecule has 0 N–H and O–H groups in total. The van der Waals surface area contributed by atoms with Gasteiger partial charge < -0.3 is 4.74 Å². The highest BCUT2D eigenvalue weighted by Crippen LogP contribution is 2.32. The van der Waals surface area contributed by atoms with E-state index in [2.05, 4.69) is 15.1 Å². The summed E-state index contributed by atoms with van der Waals surface area (Å²) in [6.45, 7) is 0.370. The van der Waals surface area contributed by atoms with Crippen LogP contribution in [-0.4, -0.2) is 32.8 Å². The van der Waals surface area contributed by atoms with Crippen LogP contribution >= 0.6 is 11.3 Å². The fraction of sp³-hybridized carbons (Fsp3) is 0.158. The van der Waals surface area contributed by atoms with Crippen LogP contribution in [0, 0.1) is 0 Å². The van der Waals surface area contributed by atoms with Gasteiger partial charge in [0.25, 0.3) is 5.91 Å². The summed E-state index contributed by atoms with van der Waals surface area (Å²) in [4.78, 5) is 23.7. The molecule has 0 aliphatic heterocycles. The van der Waals surface area contributed by atoms with Crippen LogP contribution in [0.25, 0.3) is 10.2 Å². The highest BCUT2D eigenvalue weighted by Gasteiger charge is 2.24. The Hall–Kier alpha value is -3.26. The number of nitrogens with zero attached hydrogens (tertiary/aromatic N) is 5. The molecule has 0 bridgehead atoms. The van der Waals surface area contributed by atoms with Crippen molar-refractivity contribution in [1.82, 2.24) is 19.7 Å². The molecule has 0 saturated heterocycles. The molecule has 7 nitrogen and oxygen atoms in total. The molecule has 1 aromatic carbocycles. The van der Waals surface area contributed by atoms with Crippen molar-refractivity contribution < 1.29 is 9.53 Å². The van der Waals surface area contributed by atoms with Crippen LogP contribution < -0.4 is 9.64 Å². The average Bonchev–Trinajstić information content (AvgIpc) is 3.31. The van der Waals surface area contributed by atoms with Gasteiger partial charge in [0, 0.05) is 25.6 Å². The number of aromatic nitrogens is 4. The molecule has 0 fully saturated rings. The molecular formula is C19H17N5O2S. The van der Waals surface area contributed by atoms with E-state index in [1.807, 2.05) is 30.3 Å². The number of carbonyl (C=O) groups is 1. The van der Waals surface area contributed by atoms with Crippen LogP contribution in [0.4, 0.5) is 5.13 Å². The maximum absolute atomic E-state index is 13.2. The highest BCUT2D eigenvalue weighted by atomic mass is 32.1. The summed E-state index contributed by atoms with van der Waals surface area (Å²) in [6, 6.07) is 11.2. The first-order valence-electron chi connectivity index (χ1n) is 8.29. The van der Waals surface area contributed by atoms with Gasteiger partial charge in [0.1, 0.15) is 11.4 Å². The van der Waals surface area contributed by atoms with Crippen molar-refractivity contribution in [3.05, 3.63) is 66.2 Å². The first kappa shape index (κ1) is 17.2. The largest absolute Gasteiger partial charge is 0.497 e. The molecule has 0 aliphatic rings. The van der Waals surface area contributed by atoms with Crippen molar-refractivity contribution in [2.45, 2.75) is 6.54 Å². The number of pyridine rings is 1. The van der Waals surface area contributed by atoms with Gasteiger partial charge in [0.15, 0.2) is 5.13 Å². The van der Waals surface area contributed by atoms with E-state index in [1.165, 1.54) is 11.3 Å². The first-order chi connectivity index (χ1) is 13.2. The average molecular weight is 379 g/mol. The van der Waals surface area contributed by atoms with E-state index < -0.39 is 0 Å². The van der Waals surface area contributed by atoms with Crippen LogP contribution in [0.3, 0.4) is 0 Å². The molecule has 136 valence electrons. The van der Waals surface area contributed by atoms with Gasteiger partial charge in [-0.3, -0.25) is 19.4 Å². The lowest BCUT2D eigenvalue weighted by Gasteiger charge is -2.19. The fourth-order valence-corrected chi connectivity index (χ4v) is 3.75. The second-order valence-corrected chi connectivity index (χ2v) is 6.93. The van der Waals surface area contributed by atoms with Gasteiger partial charge in [-0.05, 0) is 35.9 Å². The molecule has 3 heterocycles. The number of rotatable bonds is 5. The monoisotopic (exact) mass is 379 g/mol. The number of benzene rings is 1. The van der Waals surface area contributed by atoms with Crippen molar-refractivity contribution in [1.29, 1.82) is 0 Å². The Morgan fingerprint density at radius 3 is 2.85 bits per heavy atom. The number of aryl methyl sites for hydroxylation is 1. The number of hydrogen-bond acceptors (Lipinski definition) is 6. The molecule has 0 atom stereocenters. The zero-order valence-electron chi connectivity index (χ0n) is 14.9. The van der Waals surface area contributed by atoms with Crippen molar-refractivity contribution in [3.63, 3.8) is 0 Å². The van der Waals surface area contributed by atoms with Gasteiger partial charge in [-0.2, -0.15) is 5.10 Å². The van der Waals surface area contributed by atoms with E-state index in [0.29, 0.717) is 17.4 Å². The molecule has 0 aliphatic carbocycles. The molecule has 27 heavy (non-hydrogen) atoms. The number of methoxy groups -OCH3 is 1. The van der Waals surface area contributed by atoms with Crippen LogP contribution in [0.1, 0.15) is 16.1 Å². The number of anilines is 1. The summed E-state index contributed by atoms with van der Waals surface area (Å²) in [6.07, 6.45) is 5.07. The Bertz CT molecular complexity index is 1090. The molecule has 0 saturated carbocycles. The Balaban J connectivity index is 1.77. The zero-order chi connectivity index (χ0) is 18.8.